The average molecular weight is 396 g/mol. The topological polar surface area (TPSA) is 95.9 Å². The largest absolute Gasteiger partial charge is 0.484 e. The van der Waals surface area contributed by atoms with E-state index >= 15 is 0 Å². The van der Waals surface area contributed by atoms with E-state index in [2.05, 4.69) is 5.32 Å². The first kappa shape index (κ1) is 20.4. The van der Waals surface area contributed by atoms with Crippen LogP contribution >= 0.6 is 0 Å². The molecule has 2 N–H and O–H groups in total. The Bertz CT molecular complexity index is 889. The first-order chi connectivity index (χ1) is 13.9. The van der Waals surface area contributed by atoms with E-state index in [1.807, 2.05) is 18.2 Å². The Kier molecular flexibility index (Phi) is 6.49. The molecule has 7 nitrogen and oxygen atoms in total. The Balaban J connectivity index is 1.47. The zero-order valence-electron chi connectivity index (χ0n) is 16.3. The molecule has 1 aliphatic rings. The third-order valence-electron chi connectivity index (χ3n) is 5.05. The van der Waals surface area contributed by atoms with Crippen LogP contribution in [0.3, 0.4) is 0 Å². The predicted octanol–water partition coefficient (Wildman–Crippen LogP) is 2.95. The Labute approximate surface area is 169 Å². The molecule has 2 amide bonds. The first-order valence-electron chi connectivity index (χ1n) is 9.54. The summed E-state index contributed by atoms with van der Waals surface area (Å²) in [6.45, 7) is 2.69. The van der Waals surface area contributed by atoms with Crippen molar-refractivity contribution in [1.29, 1.82) is 0 Å². The number of rotatable bonds is 6. The van der Waals surface area contributed by atoms with Gasteiger partial charge in [0, 0.05) is 24.7 Å². The molecule has 1 aliphatic heterocycles. The number of carbonyl (C=O) groups excluding carboxylic acids is 2. The number of nitrogens with one attached hydrogen (secondary N) is 1. The highest BCUT2D eigenvalue weighted by Crippen LogP contribution is 2.21. The molecule has 1 saturated heterocycles. The van der Waals surface area contributed by atoms with Crippen LogP contribution in [-0.2, 0) is 9.59 Å². The van der Waals surface area contributed by atoms with Crippen LogP contribution in [0.2, 0.25) is 0 Å². The van der Waals surface area contributed by atoms with E-state index in [1.54, 1.807) is 36.1 Å². The molecule has 0 aliphatic carbocycles. The van der Waals surface area contributed by atoms with Gasteiger partial charge in [-0.15, -0.1) is 0 Å². The molecule has 0 atom stereocenters. The zero-order chi connectivity index (χ0) is 20.8. The van der Waals surface area contributed by atoms with Gasteiger partial charge in [-0.1, -0.05) is 18.2 Å². The van der Waals surface area contributed by atoms with E-state index < -0.39 is 5.97 Å². The van der Waals surface area contributed by atoms with Gasteiger partial charge in [0.2, 0.25) is 5.91 Å². The van der Waals surface area contributed by atoms with Gasteiger partial charge in [0.05, 0.1) is 5.56 Å². The van der Waals surface area contributed by atoms with Gasteiger partial charge in [-0.25, -0.2) is 4.79 Å². The fraction of sp³-hybridized carbons (Fsp3) is 0.318. The number of para-hydroxylation sites is 1. The maximum absolute atomic E-state index is 12.5. The Morgan fingerprint density at radius 3 is 2.41 bits per heavy atom. The summed E-state index contributed by atoms with van der Waals surface area (Å²) in [5.41, 5.74) is 1.38. The predicted molar refractivity (Wildman–Crippen MR) is 108 cm³/mol. The Morgan fingerprint density at radius 2 is 1.79 bits per heavy atom. The molecule has 2 aromatic rings. The van der Waals surface area contributed by atoms with Gasteiger partial charge >= 0.3 is 5.97 Å². The molecular weight excluding hydrogens is 372 g/mol. The summed E-state index contributed by atoms with van der Waals surface area (Å²) in [4.78, 5) is 37.7. The SMILES string of the molecule is Cc1cc(NC(=O)C2CCN(C(=O)COc3ccccc3)CC2)ccc1C(=O)O. The van der Waals surface area contributed by atoms with Gasteiger partial charge in [0.1, 0.15) is 5.75 Å². The van der Waals surface area contributed by atoms with Gasteiger partial charge in [0.25, 0.3) is 5.91 Å². The fourth-order valence-corrected chi connectivity index (χ4v) is 3.37. The molecule has 7 heteroatoms. The van der Waals surface area contributed by atoms with Crippen LogP contribution in [0.15, 0.2) is 48.5 Å². The molecule has 0 radical (unpaired) electrons. The van der Waals surface area contributed by atoms with E-state index in [-0.39, 0.29) is 29.9 Å². The van der Waals surface area contributed by atoms with Gasteiger partial charge in [-0.05, 0) is 55.7 Å². The lowest BCUT2D eigenvalue weighted by molar-refractivity contribution is -0.136. The smallest absolute Gasteiger partial charge is 0.335 e. The first-order valence-corrected chi connectivity index (χ1v) is 9.54. The summed E-state index contributed by atoms with van der Waals surface area (Å²) in [7, 11) is 0. The highest BCUT2D eigenvalue weighted by molar-refractivity contribution is 5.94. The van der Waals surface area contributed by atoms with Crippen molar-refractivity contribution in [2.75, 3.05) is 25.0 Å². The quantitative estimate of drug-likeness (QED) is 0.783. The van der Waals surface area contributed by atoms with E-state index in [4.69, 9.17) is 9.84 Å². The molecule has 1 fully saturated rings. The van der Waals surface area contributed by atoms with Crippen molar-refractivity contribution in [2.24, 2.45) is 5.92 Å². The third kappa shape index (κ3) is 5.34. The number of benzene rings is 2. The second-order valence-electron chi connectivity index (χ2n) is 7.08. The maximum Gasteiger partial charge on any atom is 0.335 e. The van der Waals surface area contributed by atoms with Crippen molar-refractivity contribution >= 4 is 23.5 Å². The molecule has 0 unspecified atom stereocenters. The number of carbonyl (C=O) groups is 3. The minimum absolute atomic E-state index is 0.0178. The number of anilines is 1. The van der Waals surface area contributed by atoms with Gasteiger partial charge in [0.15, 0.2) is 6.61 Å². The second kappa shape index (κ2) is 9.23. The molecular formula is C22H24N2O5. The molecule has 0 spiro atoms. The van der Waals surface area contributed by atoms with Gasteiger partial charge in [-0.2, -0.15) is 0 Å². The number of piperidine rings is 1. The van der Waals surface area contributed by atoms with E-state index in [0.29, 0.717) is 42.9 Å². The maximum atomic E-state index is 12.5. The number of carboxylic acids is 1. The summed E-state index contributed by atoms with van der Waals surface area (Å²) < 4.78 is 5.50. The number of amides is 2. The van der Waals surface area contributed by atoms with E-state index in [9.17, 15) is 14.4 Å². The van der Waals surface area contributed by atoms with Crippen LogP contribution in [-0.4, -0.2) is 47.5 Å². The van der Waals surface area contributed by atoms with Crippen LogP contribution < -0.4 is 10.1 Å². The number of aromatic carboxylic acids is 1. The number of likely N-dealkylation sites (tertiary alicyclic amines) is 1. The van der Waals surface area contributed by atoms with Crippen molar-refractivity contribution in [3.63, 3.8) is 0 Å². The molecule has 1 heterocycles. The number of carboxylic acid groups (broad SMARTS) is 1. The van der Waals surface area contributed by atoms with E-state index in [1.165, 1.54) is 6.07 Å². The van der Waals surface area contributed by atoms with Crippen molar-refractivity contribution in [1.82, 2.24) is 4.90 Å². The van der Waals surface area contributed by atoms with Crippen molar-refractivity contribution < 1.29 is 24.2 Å². The Morgan fingerprint density at radius 1 is 1.10 bits per heavy atom. The van der Waals surface area contributed by atoms with Crippen LogP contribution in [0.5, 0.6) is 5.75 Å². The second-order valence-corrected chi connectivity index (χ2v) is 7.08. The highest BCUT2D eigenvalue weighted by atomic mass is 16.5. The van der Waals surface area contributed by atoms with E-state index in [0.717, 1.165) is 0 Å². The normalized spacial score (nSPS) is 14.3. The van der Waals surface area contributed by atoms with Crippen molar-refractivity contribution in [3.8, 4) is 5.75 Å². The number of nitrogens with zero attached hydrogens (tertiary/aromatic N) is 1. The lowest BCUT2D eigenvalue weighted by atomic mass is 9.95. The standard InChI is InChI=1S/C22H24N2O5/c1-15-13-17(7-8-19(15)22(27)28)23-21(26)16-9-11-24(12-10-16)20(25)14-29-18-5-3-2-4-6-18/h2-8,13,16H,9-12,14H2,1H3,(H,23,26)(H,27,28). The molecule has 3 rings (SSSR count). The average Bonchev–Trinajstić information content (AvgIpc) is 2.72. The van der Waals surface area contributed by atoms with Crippen molar-refractivity contribution in [3.05, 3.63) is 59.7 Å². The molecule has 29 heavy (non-hydrogen) atoms. The number of ether oxygens (including phenoxy) is 1. The molecule has 152 valence electrons. The monoisotopic (exact) mass is 396 g/mol. The minimum Gasteiger partial charge on any atom is -0.484 e. The molecule has 0 saturated carbocycles. The summed E-state index contributed by atoms with van der Waals surface area (Å²) >= 11 is 0. The summed E-state index contributed by atoms with van der Waals surface area (Å²) in [6.07, 6.45) is 1.16. The summed E-state index contributed by atoms with van der Waals surface area (Å²) in [6, 6.07) is 13.9. The fourth-order valence-electron chi connectivity index (χ4n) is 3.37. The van der Waals surface area contributed by atoms with Crippen molar-refractivity contribution in [2.45, 2.75) is 19.8 Å². The lowest BCUT2D eigenvalue weighted by Gasteiger charge is -2.31. The number of hydrogen-bond donors (Lipinski definition) is 2. The van der Waals surface area contributed by atoms with Gasteiger partial charge < -0.3 is 20.1 Å². The minimum atomic E-state index is -0.992. The summed E-state index contributed by atoms with van der Waals surface area (Å²) in [5, 5.41) is 11.9. The molecule has 0 bridgehead atoms. The number of aryl methyl sites for hydroxylation is 1. The van der Waals surface area contributed by atoms with Crippen LogP contribution in [0, 0.1) is 12.8 Å². The zero-order valence-corrected chi connectivity index (χ0v) is 16.3. The third-order valence-corrected chi connectivity index (χ3v) is 5.05. The molecule has 2 aromatic carbocycles. The van der Waals surface area contributed by atoms with Crippen LogP contribution in [0.4, 0.5) is 5.69 Å². The van der Waals surface area contributed by atoms with Crippen LogP contribution in [0.25, 0.3) is 0 Å². The highest BCUT2D eigenvalue weighted by Gasteiger charge is 2.27. The number of hydrogen-bond acceptors (Lipinski definition) is 4. The van der Waals surface area contributed by atoms with Crippen LogP contribution in [0.1, 0.15) is 28.8 Å². The molecule has 0 aromatic heterocycles. The van der Waals surface area contributed by atoms with Gasteiger partial charge in [-0.3, -0.25) is 9.59 Å². The summed E-state index contributed by atoms with van der Waals surface area (Å²) in [5.74, 6) is -0.728. The lowest BCUT2D eigenvalue weighted by Crippen LogP contribution is -2.43. The Hall–Kier alpha value is -3.35.